The summed E-state index contributed by atoms with van der Waals surface area (Å²) in [7, 11) is 0. The fraction of sp³-hybridized carbons (Fsp3) is 0.469. The maximum Gasteiger partial charge on any atom is 0.255 e. The molecule has 0 radical (unpaired) electrons. The molecule has 1 saturated carbocycles. The maximum absolute atomic E-state index is 13.9. The summed E-state index contributed by atoms with van der Waals surface area (Å²) in [6.07, 6.45) is 6.18. The van der Waals surface area contributed by atoms with Crippen LogP contribution < -0.4 is 10.6 Å². The van der Waals surface area contributed by atoms with Gasteiger partial charge in [-0.15, -0.1) is 18.3 Å². The number of phenolic OH excluding ortho intramolecular Hbond substituents is 1. The van der Waals surface area contributed by atoms with Gasteiger partial charge in [-0.3, -0.25) is 14.4 Å². The van der Waals surface area contributed by atoms with Crippen LogP contribution >= 0.6 is 11.8 Å². The second kappa shape index (κ2) is 16.2. The number of carbonyl (C=O) groups is 3. The van der Waals surface area contributed by atoms with Gasteiger partial charge in [-0.05, 0) is 49.6 Å². The Morgan fingerprint density at radius 3 is 2.39 bits per heavy atom. The molecule has 3 amide bonds. The highest BCUT2D eigenvalue weighted by molar-refractivity contribution is 7.99. The van der Waals surface area contributed by atoms with E-state index in [9.17, 15) is 24.6 Å². The summed E-state index contributed by atoms with van der Waals surface area (Å²) in [5, 5.41) is 27.5. The van der Waals surface area contributed by atoms with E-state index in [1.54, 1.807) is 19.1 Å². The molecule has 3 rings (SSSR count). The number of amides is 3. The first-order valence-electron chi connectivity index (χ1n) is 14.4. The van der Waals surface area contributed by atoms with Gasteiger partial charge in [0.15, 0.2) is 6.10 Å². The Bertz CT molecular complexity index is 1170. The molecule has 8 nitrogen and oxygen atoms in total. The normalized spacial score (nSPS) is 16.1. The SMILES string of the molecule is C=C[C@@H](C(=O)NC1CCCCCC1)N(CSCC)C(=O)[C@@H](O)[C@H](Cc1ccccc1)NC(=O)c1cccc(O)c1C. The summed E-state index contributed by atoms with van der Waals surface area (Å²) in [5.74, 6) is -0.644. The number of rotatable bonds is 13. The van der Waals surface area contributed by atoms with Crippen molar-refractivity contribution in [2.24, 2.45) is 0 Å². The summed E-state index contributed by atoms with van der Waals surface area (Å²) >= 11 is 1.45. The number of aliphatic hydroxyl groups excluding tert-OH is 1. The van der Waals surface area contributed by atoms with Gasteiger partial charge in [0.2, 0.25) is 5.91 Å². The number of phenols is 1. The van der Waals surface area contributed by atoms with Gasteiger partial charge in [-0.1, -0.05) is 75.1 Å². The summed E-state index contributed by atoms with van der Waals surface area (Å²) in [5.41, 5.74) is 1.46. The molecular weight excluding hydrogens is 538 g/mol. The number of thioether (sulfide) groups is 1. The van der Waals surface area contributed by atoms with E-state index in [0.29, 0.717) is 11.3 Å². The van der Waals surface area contributed by atoms with Crippen LogP contribution in [-0.2, 0) is 16.0 Å². The molecule has 3 atom stereocenters. The van der Waals surface area contributed by atoms with Crippen LogP contribution in [-0.4, -0.2) is 68.7 Å². The minimum atomic E-state index is -1.64. The smallest absolute Gasteiger partial charge is 0.255 e. The number of aromatic hydroxyl groups is 1. The number of carbonyl (C=O) groups excluding carboxylic acids is 3. The standard InChI is InChI=1S/C32H43N3O5S/c1-4-27(31(39)33-24-16-11-6-7-12-17-24)35(21-41-5-2)32(40)29(37)26(20-23-14-9-8-10-15-23)34-30(38)25-18-13-19-28(36)22(25)3/h4,8-10,13-15,18-19,24,26-27,29,36-37H,1,5-7,11-12,16-17,20-21H2,2-3H3,(H,33,39)(H,34,38)/t26-,27-,29-/m0/s1. The van der Waals surface area contributed by atoms with Crippen LogP contribution in [0.2, 0.25) is 0 Å². The summed E-state index contributed by atoms with van der Waals surface area (Å²) in [6, 6.07) is 12.0. The Labute approximate surface area is 247 Å². The summed E-state index contributed by atoms with van der Waals surface area (Å²) in [6.45, 7) is 7.42. The third-order valence-corrected chi connectivity index (χ3v) is 8.41. The average molecular weight is 582 g/mol. The van der Waals surface area contributed by atoms with Gasteiger partial charge in [0.25, 0.3) is 11.8 Å². The lowest BCUT2D eigenvalue weighted by Gasteiger charge is -2.34. The molecule has 0 heterocycles. The van der Waals surface area contributed by atoms with Gasteiger partial charge in [0.05, 0.1) is 11.9 Å². The first-order valence-corrected chi connectivity index (χ1v) is 15.5. The van der Waals surface area contributed by atoms with Crippen molar-refractivity contribution in [3.8, 4) is 5.75 Å². The minimum Gasteiger partial charge on any atom is -0.508 e. The fourth-order valence-electron chi connectivity index (χ4n) is 5.12. The zero-order valence-electron chi connectivity index (χ0n) is 24.1. The summed E-state index contributed by atoms with van der Waals surface area (Å²) < 4.78 is 0. The molecule has 222 valence electrons. The molecule has 1 aliphatic carbocycles. The molecule has 41 heavy (non-hydrogen) atoms. The number of aliphatic hydroxyl groups is 1. The average Bonchev–Trinajstić information content (AvgIpc) is 3.24. The van der Waals surface area contributed by atoms with E-state index in [2.05, 4.69) is 17.2 Å². The van der Waals surface area contributed by atoms with Crippen molar-refractivity contribution in [1.82, 2.24) is 15.5 Å². The molecule has 0 saturated heterocycles. The van der Waals surface area contributed by atoms with Crippen LogP contribution in [0.4, 0.5) is 0 Å². The van der Waals surface area contributed by atoms with Gasteiger partial charge >= 0.3 is 0 Å². The number of nitrogens with one attached hydrogen (secondary N) is 2. The lowest BCUT2D eigenvalue weighted by Crippen LogP contribution is -2.57. The van der Waals surface area contributed by atoms with E-state index in [1.807, 2.05) is 37.3 Å². The van der Waals surface area contributed by atoms with Gasteiger partial charge in [0.1, 0.15) is 11.8 Å². The molecule has 2 aromatic carbocycles. The Morgan fingerprint density at radius 1 is 1.07 bits per heavy atom. The van der Waals surface area contributed by atoms with Crippen molar-refractivity contribution >= 4 is 29.5 Å². The highest BCUT2D eigenvalue weighted by atomic mass is 32.2. The van der Waals surface area contributed by atoms with Crippen molar-refractivity contribution in [2.45, 2.75) is 83.0 Å². The third-order valence-electron chi connectivity index (χ3n) is 7.55. The number of hydrogen-bond donors (Lipinski definition) is 4. The molecule has 1 aliphatic rings. The van der Waals surface area contributed by atoms with Crippen molar-refractivity contribution < 1.29 is 24.6 Å². The second-order valence-electron chi connectivity index (χ2n) is 10.5. The Kier molecular flexibility index (Phi) is 12.7. The topological polar surface area (TPSA) is 119 Å². The molecule has 9 heteroatoms. The molecule has 1 fully saturated rings. The first kappa shape index (κ1) is 32.2. The van der Waals surface area contributed by atoms with E-state index >= 15 is 0 Å². The highest BCUT2D eigenvalue weighted by Crippen LogP contribution is 2.22. The van der Waals surface area contributed by atoms with Crippen molar-refractivity contribution in [3.63, 3.8) is 0 Å². The van der Waals surface area contributed by atoms with E-state index < -0.39 is 30.0 Å². The van der Waals surface area contributed by atoms with Crippen molar-refractivity contribution in [3.05, 3.63) is 77.9 Å². The van der Waals surface area contributed by atoms with E-state index in [1.165, 1.54) is 28.8 Å². The molecule has 0 bridgehead atoms. The Balaban J connectivity index is 1.86. The lowest BCUT2D eigenvalue weighted by molar-refractivity contribution is -0.145. The molecular formula is C32H43N3O5S. The summed E-state index contributed by atoms with van der Waals surface area (Å²) in [4.78, 5) is 42.0. The maximum atomic E-state index is 13.9. The predicted molar refractivity (Wildman–Crippen MR) is 164 cm³/mol. The second-order valence-corrected chi connectivity index (χ2v) is 11.7. The Morgan fingerprint density at radius 2 is 1.76 bits per heavy atom. The fourth-order valence-corrected chi connectivity index (χ4v) is 5.79. The van der Waals surface area contributed by atoms with Crippen LogP contribution in [0.5, 0.6) is 5.75 Å². The number of benzene rings is 2. The van der Waals surface area contributed by atoms with E-state index in [-0.39, 0.29) is 35.6 Å². The molecule has 0 spiro atoms. The lowest BCUT2D eigenvalue weighted by atomic mass is 9.98. The highest BCUT2D eigenvalue weighted by Gasteiger charge is 2.36. The van der Waals surface area contributed by atoms with Gasteiger partial charge < -0.3 is 25.7 Å². The largest absolute Gasteiger partial charge is 0.508 e. The van der Waals surface area contributed by atoms with Gasteiger partial charge in [-0.2, -0.15) is 0 Å². The first-order chi connectivity index (χ1) is 19.8. The zero-order valence-corrected chi connectivity index (χ0v) is 24.9. The Hall–Kier alpha value is -3.30. The van der Waals surface area contributed by atoms with Gasteiger partial charge in [-0.25, -0.2) is 0 Å². The van der Waals surface area contributed by atoms with Crippen molar-refractivity contribution in [1.29, 1.82) is 0 Å². The minimum absolute atomic E-state index is 0.0230. The van der Waals surface area contributed by atoms with Crippen LogP contribution in [0, 0.1) is 6.92 Å². The van der Waals surface area contributed by atoms with Crippen molar-refractivity contribution in [2.75, 3.05) is 11.6 Å². The van der Waals surface area contributed by atoms with Crippen LogP contribution in [0.15, 0.2) is 61.2 Å². The molecule has 4 N–H and O–H groups in total. The quantitative estimate of drug-likeness (QED) is 0.159. The number of nitrogens with zero attached hydrogens (tertiary/aromatic N) is 1. The van der Waals surface area contributed by atoms with Crippen LogP contribution in [0.1, 0.15) is 66.9 Å². The van der Waals surface area contributed by atoms with Crippen LogP contribution in [0.25, 0.3) is 0 Å². The number of hydrogen-bond acceptors (Lipinski definition) is 6. The monoisotopic (exact) mass is 581 g/mol. The van der Waals surface area contributed by atoms with E-state index in [4.69, 9.17) is 0 Å². The molecule has 0 aliphatic heterocycles. The zero-order chi connectivity index (χ0) is 29.8. The van der Waals surface area contributed by atoms with Crippen LogP contribution in [0.3, 0.4) is 0 Å². The molecule has 0 unspecified atom stereocenters. The van der Waals surface area contributed by atoms with Gasteiger partial charge in [0, 0.05) is 17.2 Å². The van der Waals surface area contributed by atoms with E-state index in [0.717, 1.165) is 44.1 Å². The molecule has 2 aromatic rings. The molecule has 0 aromatic heterocycles. The predicted octanol–water partition coefficient (Wildman–Crippen LogP) is 4.34. The third kappa shape index (κ3) is 9.10.